The van der Waals surface area contributed by atoms with Crippen LogP contribution >= 0.6 is 0 Å². The summed E-state index contributed by atoms with van der Waals surface area (Å²) in [5.41, 5.74) is 5.57. The molecule has 0 spiro atoms. The minimum absolute atomic E-state index is 0.126. The van der Waals surface area contributed by atoms with Gasteiger partial charge in [-0.3, -0.25) is 4.79 Å². The molecule has 0 aliphatic rings. The minimum atomic E-state index is -0.193. The van der Waals surface area contributed by atoms with E-state index in [1.165, 1.54) is 0 Å². The van der Waals surface area contributed by atoms with Crippen LogP contribution in [0.25, 0.3) is 0 Å². The number of nitrogens with two attached hydrogens (primary N) is 1. The molecule has 2 N–H and O–H groups in total. The number of carbonyl (C=O) groups is 1. The highest BCUT2D eigenvalue weighted by molar-refractivity contribution is 5.72. The van der Waals surface area contributed by atoms with Gasteiger partial charge in [0.1, 0.15) is 0 Å². The predicted octanol–water partition coefficient (Wildman–Crippen LogP) is 1.70. The zero-order valence-electron chi connectivity index (χ0n) is 8.88. The van der Waals surface area contributed by atoms with Crippen LogP contribution < -0.4 is 5.73 Å². The van der Waals surface area contributed by atoms with Gasteiger partial charge in [0.2, 0.25) is 0 Å². The van der Waals surface area contributed by atoms with Gasteiger partial charge in [-0.25, -0.2) is 0 Å². The standard InChI is InChI=1S/C10H21NO2/c1-4-5-6-7-13-10(12)8(2)9(3)11/h8-9H,4-7,11H2,1-3H3. The summed E-state index contributed by atoms with van der Waals surface area (Å²) in [5.74, 6) is -0.368. The summed E-state index contributed by atoms with van der Waals surface area (Å²) in [4.78, 5) is 11.2. The van der Waals surface area contributed by atoms with E-state index < -0.39 is 0 Å². The molecule has 0 bridgehead atoms. The van der Waals surface area contributed by atoms with Gasteiger partial charge in [-0.2, -0.15) is 0 Å². The highest BCUT2D eigenvalue weighted by Crippen LogP contribution is 2.04. The molecule has 0 aromatic rings. The van der Waals surface area contributed by atoms with Crippen molar-refractivity contribution in [1.82, 2.24) is 0 Å². The smallest absolute Gasteiger partial charge is 0.310 e. The van der Waals surface area contributed by atoms with Gasteiger partial charge in [0.05, 0.1) is 12.5 Å². The largest absolute Gasteiger partial charge is 0.465 e. The van der Waals surface area contributed by atoms with Crippen LogP contribution in [0.15, 0.2) is 0 Å². The molecule has 0 saturated carbocycles. The van der Waals surface area contributed by atoms with Crippen LogP contribution in [0.1, 0.15) is 40.0 Å². The molecule has 0 amide bonds. The topological polar surface area (TPSA) is 52.3 Å². The lowest BCUT2D eigenvalue weighted by molar-refractivity contribution is -0.148. The van der Waals surface area contributed by atoms with E-state index in [9.17, 15) is 4.79 Å². The molecule has 2 atom stereocenters. The lowest BCUT2D eigenvalue weighted by atomic mass is 10.1. The first-order valence-electron chi connectivity index (χ1n) is 5.01. The van der Waals surface area contributed by atoms with Gasteiger partial charge in [-0.1, -0.05) is 26.7 Å². The van der Waals surface area contributed by atoms with Gasteiger partial charge in [0.25, 0.3) is 0 Å². The Hall–Kier alpha value is -0.570. The molecule has 0 aromatic heterocycles. The van der Waals surface area contributed by atoms with Gasteiger partial charge < -0.3 is 10.5 Å². The third-order valence-corrected chi connectivity index (χ3v) is 2.15. The minimum Gasteiger partial charge on any atom is -0.465 e. The van der Waals surface area contributed by atoms with Gasteiger partial charge in [0.15, 0.2) is 0 Å². The molecule has 0 aromatic carbocycles. The SMILES string of the molecule is CCCCCOC(=O)C(C)C(C)N. The second kappa shape index (κ2) is 6.89. The van der Waals surface area contributed by atoms with E-state index in [-0.39, 0.29) is 17.9 Å². The Balaban J connectivity index is 3.50. The third-order valence-electron chi connectivity index (χ3n) is 2.15. The van der Waals surface area contributed by atoms with Crippen LogP contribution in [-0.2, 0) is 9.53 Å². The Morgan fingerprint density at radius 1 is 1.38 bits per heavy atom. The predicted molar refractivity (Wildman–Crippen MR) is 53.3 cm³/mol. The third kappa shape index (κ3) is 5.64. The van der Waals surface area contributed by atoms with E-state index >= 15 is 0 Å². The van der Waals surface area contributed by atoms with Gasteiger partial charge in [-0.15, -0.1) is 0 Å². The number of carbonyl (C=O) groups excluding carboxylic acids is 1. The highest BCUT2D eigenvalue weighted by Gasteiger charge is 2.17. The summed E-state index contributed by atoms with van der Waals surface area (Å²) in [6, 6.07) is -0.126. The second-order valence-corrected chi connectivity index (χ2v) is 3.52. The van der Waals surface area contributed by atoms with Crippen molar-refractivity contribution in [2.45, 2.75) is 46.1 Å². The molecule has 2 unspecified atom stereocenters. The van der Waals surface area contributed by atoms with E-state index in [0.717, 1.165) is 19.3 Å². The first kappa shape index (κ1) is 12.4. The Kier molecular flexibility index (Phi) is 6.59. The van der Waals surface area contributed by atoms with Gasteiger partial charge in [-0.05, 0) is 13.3 Å². The first-order chi connectivity index (χ1) is 6.09. The number of hydrogen-bond donors (Lipinski definition) is 1. The first-order valence-corrected chi connectivity index (χ1v) is 5.01. The second-order valence-electron chi connectivity index (χ2n) is 3.52. The molecular formula is C10H21NO2. The van der Waals surface area contributed by atoms with E-state index in [1.807, 2.05) is 6.92 Å². The fraction of sp³-hybridized carbons (Fsp3) is 0.900. The molecule has 78 valence electrons. The Morgan fingerprint density at radius 3 is 2.46 bits per heavy atom. The molecular weight excluding hydrogens is 166 g/mol. The number of rotatable bonds is 6. The van der Waals surface area contributed by atoms with E-state index in [4.69, 9.17) is 10.5 Å². The Morgan fingerprint density at radius 2 is 2.00 bits per heavy atom. The van der Waals surface area contributed by atoms with Crippen molar-refractivity contribution in [3.8, 4) is 0 Å². The molecule has 0 heterocycles. The van der Waals surface area contributed by atoms with Crippen molar-refractivity contribution in [2.75, 3.05) is 6.61 Å². The van der Waals surface area contributed by atoms with Crippen LogP contribution in [0, 0.1) is 5.92 Å². The Labute approximate surface area is 80.6 Å². The highest BCUT2D eigenvalue weighted by atomic mass is 16.5. The molecule has 0 aliphatic heterocycles. The summed E-state index contributed by atoms with van der Waals surface area (Å²) in [6.45, 7) is 6.26. The average Bonchev–Trinajstić information content (AvgIpc) is 2.10. The maximum Gasteiger partial charge on any atom is 0.310 e. The van der Waals surface area contributed by atoms with E-state index in [2.05, 4.69) is 6.92 Å². The summed E-state index contributed by atoms with van der Waals surface area (Å²) < 4.78 is 5.05. The number of hydrogen-bond acceptors (Lipinski definition) is 3. The van der Waals surface area contributed by atoms with Crippen LogP contribution in [-0.4, -0.2) is 18.6 Å². The normalized spacial score (nSPS) is 15.1. The van der Waals surface area contributed by atoms with Crippen molar-refractivity contribution >= 4 is 5.97 Å². The summed E-state index contributed by atoms with van der Waals surface area (Å²) in [7, 11) is 0. The molecule has 0 aliphatic carbocycles. The quantitative estimate of drug-likeness (QED) is 0.508. The monoisotopic (exact) mass is 187 g/mol. The van der Waals surface area contributed by atoms with E-state index in [1.54, 1.807) is 6.92 Å². The fourth-order valence-corrected chi connectivity index (χ4v) is 0.871. The number of ether oxygens (including phenoxy) is 1. The lowest BCUT2D eigenvalue weighted by Crippen LogP contribution is -2.32. The number of unbranched alkanes of at least 4 members (excludes halogenated alkanes) is 2. The summed E-state index contributed by atoms with van der Waals surface area (Å²) >= 11 is 0. The molecule has 0 rings (SSSR count). The fourth-order valence-electron chi connectivity index (χ4n) is 0.871. The molecule has 0 radical (unpaired) electrons. The summed E-state index contributed by atoms with van der Waals surface area (Å²) in [6.07, 6.45) is 3.20. The van der Waals surface area contributed by atoms with Crippen LogP contribution in [0.3, 0.4) is 0 Å². The van der Waals surface area contributed by atoms with Crippen molar-refractivity contribution in [2.24, 2.45) is 11.7 Å². The zero-order chi connectivity index (χ0) is 10.3. The van der Waals surface area contributed by atoms with Crippen LogP contribution in [0.2, 0.25) is 0 Å². The molecule has 13 heavy (non-hydrogen) atoms. The zero-order valence-corrected chi connectivity index (χ0v) is 8.88. The van der Waals surface area contributed by atoms with Crippen LogP contribution in [0.5, 0.6) is 0 Å². The van der Waals surface area contributed by atoms with Crippen molar-refractivity contribution < 1.29 is 9.53 Å². The van der Waals surface area contributed by atoms with Crippen molar-refractivity contribution in [3.05, 3.63) is 0 Å². The molecule has 0 fully saturated rings. The molecule has 3 heteroatoms. The van der Waals surface area contributed by atoms with Gasteiger partial charge >= 0.3 is 5.97 Å². The number of esters is 1. The maximum atomic E-state index is 11.2. The van der Waals surface area contributed by atoms with Gasteiger partial charge in [0, 0.05) is 6.04 Å². The maximum absolute atomic E-state index is 11.2. The average molecular weight is 187 g/mol. The van der Waals surface area contributed by atoms with E-state index in [0.29, 0.717) is 6.61 Å². The lowest BCUT2D eigenvalue weighted by Gasteiger charge is -2.14. The molecule has 3 nitrogen and oxygen atoms in total. The van der Waals surface area contributed by atoms with Crippen LogP contribution in [0.4, 0.5) is 0 Å². The van der Waals surface area contributed by atoms with Crippen molar-refractivity contribution in [1.29, 1.82) is 0 Å². The van der Waals surface area contributed by atoms with Crippen molar-refractivity contribution in [3.63, 3.8) is 0 Å². The molecule has 0 saturated heterocycles. The summed E-state index contributed by atoms with van der Waals surface area (Å²) in [5, 5.41) is 0. The Bertz CT molecular complexity index is 146.